The van der Waals surface area contributed by atoms with Crippen LogP contribution >= 0.6 is 11.3 Å². The first-order chi connectivity index (χ1) is 12.8. The number of benzene rings is 2. The van der Waals surface area contributed by atoms with Crippen molar-refractivity contribution in [2.45, 2.75) is 18.2 Å². The monoisotopic (exact) mass is 402 g/mol. The summed E-state index contributed by atoms with van der Waals surface area (Å²) in [5.74, 6) is -0.361. The molecule has 0 bridgehead atoms. The van der Waals surface area contributed by atoms with Gasteiger partial charge in [-0.15, -0.1) is 10.2 Å². The molecule has 0 aliphatic heterocycles. The lowest BCUT2D eigenvalue weighted by atomic mass is 10.1. The molecule has 1 amide bonds. The van der Waals surface area contributed by atoms with E-state index in [4.69, 9.17) is 0 Å². The van der Waals surface area contributed by atoms with Crippen LogP contribution in [0, 0.1) is 13.8 Å². The minimum atomic E-state index is -3.87. The molecular weight excluding hydrogens is 384 g/mol. The van der Waals surface area contributed by atoms with Crippen molar-refractivity contribution >= 4 is 38.1 Å². The average molecular weight is 403 g/mol. The smallest absolute Gasteiger partial charge is 0.293 e. The fraction of sp³-hybridized carbons (Fsp3) is 0.167. The number of sulfonamides is 1. The van der Waals surface area contributed by atoms with Gasteiger partial charge in [0, 0.05) is 12.6 Å². The van der Waals surface area contributed by atoms with Crippen LogP contribution in [0.2, 0.25) is 0 Å². The Morgan fingerprint density at radius 2 is 1.81 bits per heavy atom. The van der Waals surface area contributed by atoms with Crippen molar-refractivity contribution < 1.29 is 13.2 Å². The standard InChI is InChI=1S/C18H18N4O3S2/c1-12-7-6-9-14(11-12)22(3)27(24,25)18-21-20-17(26-18)19-16(23)15-10-5-4-8-13(15)2/h4-11H,1-3H3,(H,19,20,23). The summed E-state index contributed by atoms with van der Waals surface area (Å²) in [6, 6.07) is 14.2. The van der Waals surface area contributed by atoms with Gasteiger partial charge in [0.15, 0.2) is 0 Å². The quantitative estimate of drug-likeness (QED) is 0.662. The zero-order valence-electron chi connectivity index (χ0n) is 15.0. The van der Waals surface area contributed by atoms with Gasteiger partial charge in [-0.2, -0.15) is 8.42 Å². The van der Waals surface area contributed by atoms with E-state index in [1.807, 2.05) is 32.0 Å². The van der Waals surface area contributed by atoms with Crippen LogP contribution < -0.4 is 9.62 Å². The molecule has 0 saturated heterocycles. The number of carbonyl (C=O) groups is 1. The van der Waals surface area contributed by atoms with Crippen molar-refractivity contribution in [3.63, 3.8) is 0 Å². The van der Waals surface area contributed by atoms with Crippen molar-refractivity contribution in [3.05, 3.63) is 65.2 Å². The first-order valence-electron chi connectivity index (χ1n) is 8.05. The molecule has 0 atom stereocenters. The Kier molecular flexibility index (Phi) is 5.24. The SMILES string of the molecule is Cc1cccc(N(C)S(=O)(=O)c2nnc(NC(=O)c3ccccc3C)s2)c1. The van der Waals surface area contributed by atoms with Crippen molar-refractivity contribution in [3.8, 4) is 0 Å². The normalized spacial score (nSPS) is 11.2. The third kappa shape index (κ3) is 3.99. The second-order valence-corrected chi connectivity index (χ2v) is 9.07. The zero-order valence-corrected chi connectivity index (χ0v) is 16.6. The molecule has 0 aliphatic carbocycles. The van der Waals surface area contributed by atoms with Crippen molar-refractivity contribution in [1.29, 1.82) is 0 Å². The number of nitrogens with one attached hydrogen (secondary N) is 1. The maximum Gasteiger partial charge on any atom is 0.293 e. The molecule has 7 nitrogen and oxygen atoms in total. The minimum Gasteiger partial charge on any atom is -0.296 e. The number of aryl methyl sites for hydroxylation is 2. The Morgan fingerprint density at radius 1 is 1.07 bits per heavy atom. The number of hydrogen-bond acceptors (Lipinski definition) is 6. The largest absolute Gasteiger partial charge is 0.296 e. The molecule has 1 aromatic heterocycles. The highest BCUT2D eigenvalue weighted by Crippen LogP contribution is 2.27. The Labute approximate surface area is 161 Å². The van der Waals surface area contributed by atoms with Gasteiger partial charge < -0.3 is 0 Å². The molecule has 1 heterocycles. The number of amides is 1. The van der Waals surface area contributed by atoms with E-state index in [1.54, 1.807) is 30.3 Å². The van der Waals surface area contributed by atoms with E-state index in [-0.39, 0.29) is 15.4 Å². The van der Waals surface area contributed by atoms with Crippen LogP contribution in [-0.2, 0) is 10.0 Å². The summed E-state index contributed by atoms with van der Waals surface area (Å²) >= 11 is 0.812. The highest BCUT2D eigenvalue weighted by molar-refractivity contribution is 7.94. The summed E-state index contributed by atoms with van der Waals surface area (Å²) in [5, 5.41) is 10.3. The molecule has 0 aliphatic rings. The Balaban J connectivity index is 1.82. The lowest BCUT2D eigenvalue weighted by Crippen LogP contribution is -2.26. The van der Waals surface area contributed by atoms with Gasteiger partial charge in [-0.3, -0.25) is 14.4 Å². The number of aromatic nitrogens is 2. The molecule has 0 spiro atoms. The molecule has 140 valence electrons. The van der Waals surface area contributed by atoms with Crippen LogP contribution in [0.4, 0.5) is 10.8 Å². The summed E-state index contributed by atoms with van der Waals surface area (Å²) in [7, 11) is -2.41. The van der Waals surface area contributed by atoms with Crippen LogP contribution in [0.15, 0.2) is 52.9 Å². The van der Waals surface area contributed by atoms with E-state index in [9.17, 15) is 13.2 Å². The maximum atomic E-state index is 12.8. The van der Waals surface area contributed by atoms with Crippen LogP contribution in [0.1, 0.15) is 21.5 Å². The maximum absolute atomic E-state index is 12.8. The van der Waals surface area contributed by atoms with Gasteiger partial charge in [-0.1, -0.05) is 41.7 Å². The van der Waals surface area contributed by atoms with Gasteiger partial charge in [0.2, 0.25) is 5.13 Å². The van der Waals surface area contributed by atoms with E-state index in [2.05, 4.69) is 15.5 Å². The summed E-state index contributed by atoms with van der Waals surface area (Å²) in [5.41, 5.74) is 2.77. The topological polar surface area (TPSA) is 92.3 Å². The fourth-order valence-corrected chi connectivity index (χ4v) is 4.67. The van der Waals surface area contributed by atoms with Crippen LogP contribution in [0.25, 0.3) is 0 Å². The van der Waals surface area contributed by atoms with Crippen molar-refractivity contribution in [2.24, 2.45) is 0 Å². The summed E-state index contributed by atoms with van der Waals surface area (Å²) in [6.07, 6.45) is 0. The fourth-order valence-electron chi connectivity index (χ4n) is 2.44. The predicted molar refractivity (Wildman–Crippen MR) is 106 cm³/mol. The van der Waals surface area contributed by atoms with Crippen LogP contribution in [0.5, 0.6) is 0 Å². The van der Waals surface area contributed by atoms with Crippen molar-refractivity contribution in [1.82, 2.24) is 10.2 Å². The minimum absolute atomic E-state index is 0.125. The zero-order chi connectivity index (χ0) is 19.6. The second-order valence-electron chi connectivity index (χ2n) is 5.95. The van der Waals surface area contributed by atoms with Crippen LogP contribution in [-0.4, -0.2) is 31.6 Å². The third-order valence-electron chi connectivity index (χ3n) is 3.96. The van der Waals surface area contributed by atoms with E-state index >= 15 is 0 Å². The molecule has 0 fully saturated rings. The summed E-state index contributed by atoms with van der Waals surface area (Å²) in [4.78, 5) is 12.4. The van der Waals surface area contributed by atoms with Gasteiger partial charge in [0.25, 0.3) is 20.3 Å². The molecule has 9 heteroatoms. The number of hydrogen-bond donors (Lipinski definition) is 1. The Bertz CT molecular complexity index is 1090. The number of nitrogens with zero attached hydrogens (tertiary/aromatic N) is 3. The first kappa shape index (κ1) is 19.0. The number of carbonyl (C=O) groups excluding carboxylic acids is 1. The van der Waals surface area contributed by atoms with E-state index in [0.29, 0.717) is 11.3 Å². The molecule has 0 unspecified atom stereocenters. The number of rotatable bonds is 5. The first-order valence-corrected chi connectivity index (χ1v) is 10.3. The van der Waals surface area contributed by atoms with Gasteiger partial charge in [-0.25, -0.2) is 0 Å². The van der Waals surface area contributed by atoms with Gasteiger partial charge >= 0.3 is 0 Å². The lowest BCUT2D eigenvalue weighted by Gasteiger charge is -2.17. The third-order valence-corrected chi connectivity index (χ3v) is 6.93. The van der Waals surface area contributed by atoms with Gasteiger partial charge in [0.1, 0.15) is 0 Å². The molecule has 3 rings (SSSR count). The predicted octanol–water partition coefficient (Wildman–Crippen LogP) is 3.23. The van der Waals surface area contributed by atoms with Crippen molar-refractivity contribution in [2.75, 3.05) is 16.7 Å². The molecule has 27 heavy (non-hydrogen) atoms. The Morgan fingerprint density at radius 3 is 2.52 bits per heavy atom. The molecule has 0 saturated carbocycles. The van der Waals surface area contributed by atoms with Gasteiger partial charge in [-0.05, 0) is 43.2 Å². The van der Waals surface area contributed by atoms with E-state index in [1.165, 1.54) is 7.05 Å². The molecular formula is C18H18N4O3S2. The average Bonchev–Trinajstić information content (AvgIpc) is 3.10. The molecule has 1 N–H and O–H groups in total. The van der Waals surface area contributed by atoms with E-state index in [0.717, 1.165) is 26.8 Å². The second kappa shape index (κ2) is 7.45. The molecule has 0 radical (unpaired) electrons. The summed E-state index contributed by atoms with van der Waals surface area (Å²) < 4.78 is 26.5. The van der Waals surface area contributed by atoms with Crippen LogP contribution in [0.3, 0.4) is 0 Å². The highest BCUT2D eigenvalue weighted by Gasteiger charge is 2.26. The lowest BCUT2D eigenvalue weighted by molar-refractivity contribution is 0.102. The molecule has 3 aromatic rings. The number of anilines is 2. The van der Waals surface area contributed by atoms with E-state index < -0.39 is 10.0 Å². The Hall–Kier alpha value is -2.78. The van der Waals surface area contributed by atoms with Gasteiger partial charge in [0.05, 0.1) is 5.69 Å². The summed E-state index contributed by atoms with van der Waals surface area (Å²) in [6.45, 7) is 3.70. The molecule has 2 aromatic carbocycles. The highest BCUT2D eigenvalue weighted by atomic mass is 32.2.